The molecule has 108 valence electrons. The summed E-state index contributed by atoms with van der Waals surface area (Å²) in [5, 5.41) is 0. The molecule has 5 nitrogen and oxygen atoms in total. The van der Waals surface area contributed by atoms with Crippen molar-refractivity contribution in [3.8, 4) is 0 Å². The molecule has 0 aromatic rings. The number of alkyl halides is 1. The van der Waals surface area contributed by atoms with E-state index in [1.54, 1.807) is 0 Å². The first kappa shape index (κ1) is 16.2. The molecule has 1 heterocycles. The Labute approximate surface area is 116 Å². The van der Waals surface area contributed by atoms with Crippen molar-refractivity contribution in [2.45, 2.75) is 6.92 Å². The Balaban J connectivity index is 2.20. The molecule has 1 rings (SSSR count). The van der Waals surface area contributed by atoms with Crippen LogP contribution in [0.1, 0.15) is 6.92 Å². The van der Waals surface area contributed by atoms with Crippen LogP contribution in [0.2, 0.25) is 0 Å². The van der Waals surface area contributed by atoms with Gasteiger partial charge >= 0.3 is 0 Å². The molecule has 1 aliphatic rings. The van der Waals surface area contributed by atoms with Gasteiger partial charge in [-0.2, -0.15) is 0 Å². The lowest BCUT2D eigenvalue weighted by Crippen LogP contribution is -2.47. The normalized spacial score (nSPS) is 21.1. The number of hydrogen-bond donors (Lipinski definition) is 1. The highest BCUT2D eigenvalue weighted by Gasteiger charge is 2.16. The molecule has 0 amide bonds. The first-order valence-electron chi connectivity index (χ1n) is 6.37. The summed E-state index contributed by atoms with van der Waals surface area (Å²) in [6.45, 7) is 7.23. The van der Waals surface area contributed by atoms with Crippen molar-refractivity contribution >= 4 is 21.6 Å². The van der Waals surface area contributed by atoms with Crippen LogP contribution in [-0.4, -0.2) is 76.2 Å². The molecule has 0 aromatic heterocycles. The van der Waals surface area contributed by atoms with Crippen molar-refractivity contribution in [2.75, 3.05) is 57.9 Å². The van der Waals surface area contributed by atoms with E-state index >= 15 is 0 Å². The maximum Gasteiger partial charge on any atom is 0.211 e. The average Bonchev–Trinajstić information content (AvgIpc) is 2.31. The molecule has 1 N–H and O–H groups in total. The number of sulfonamides is 1. The van der Waals surface area contributed by atoms with Gasteiger partial charge in [0.15, 0.2) is 0 Å². The molecular weight excluding hydrogens is 274 g/mol. The second-order valence-electron chi connectivity index (χ2n) is 5.08. The topological polar surface area (TPSA) is 52.7 Å². The van der Waals surface area contributed by atoms with E-state index < -0.39 is 10.0 Å². The minimum atomic E-state index is -3.18. The van der Waals surface area contributed by atoms with Crippen LogP contribution < -0.4 is 4.72 Å². The quantitative estimate of drug-likeness (QED) is 0.674. The average molecular weight is 298 g/mol. The van der Waals surface area contributed by atoms with Gasteiger partial charge < -0.3 is 4.90 Å². The highest BCUT2D eigenvalue weighted by Crippen LogP contribution is 2.02. The Morgan fingerprint density at radius 3 is 2.44 bits per heavy atom. The monoisotopic (exact) mass is 297 g/mol. The van der Waals surface area contributed by atoms with Crippen molar-refractivity contribution < 1.29 is 8.42 Å². The summed E-state index contributed by atoms with van der Waals surface area (Å²) in [5.41, 5.74) is 0. The molecule has 1 fully saturated rings. The maximum absolute atomic E-state index is 11.7. The van der Waals surface area contributed by atoms with Crippen molar-refractivity contribution in [1.82, 2.24) is 14.5 Å². The third-order valence-corrected chi connectivity index (χ3v) is 5.29. The van der Waals surface area contributed by atoms with Crippen molar-refractivity contribution in [3.05, 3.63) is 0 Å². The predicted octanol–water partition coefficient (Wildman–Crippen LogP) is 0.0281. The zero-order chi connectivity index (χ0) is 13.6. The van der Waals surface area contributed by atoms with Gasteiger partial charge in [0.05, 0.1) is 5.75 Å². The van der Waals surface area contributed by atoms with Crippen molar-refractivity contribution in [2.24, 2.45) is 5.92 Å². The van der Waals surface area contributed by atoms with Gasteiger partial charge in [0.2, 0.25) is 10.0 Å². The van der Waals surface area contributed by atoms with Crippen LogP contribution in [0.3, 0.4) is 0 Å². The fourth-order valence-electron chi connectivity index (χ4n) is 1.91. The fraction of sp³-hybridized carbons (Fsp3) is 1.00. The van der Waals surface area contributed by atoms with E-state index in [2.05, 4.69) is 21.6 Å². The predicted molar refractivity (Wildman–Crippen MR) is 75.6 cm³/mol. The van der Waals surface area contributed by atoms with E-state index in [1.165, 1.54) is 0 Å². The lowest BCUT2D eigenvalue weighted by Gasteiger charge is -2.32. The molecule has 1 saturated heterocycles. The van der Waals surface area contributed by atoms with Gasteiger partial charge in [-0.3, -0.25) is 4.90 Å². The molecule has 0 spiro atoms. The number of halogens is 1. The fourth-order valence-corrected chi connectivity index (χ4v) is 3.53. The van der Waals surface area contributed by atoms with E-state index in [9.17, 15) is 8.42 Å². The van der Waals surface area contributed by atoms with Crippen LogP contribution in [-0.2, 0) is 10.0 Å². The standard InChI is InChI=1S/C11H24ClN3O2S/c1-11(9-12)10-18(16,17)13-3-4-15-7-5-14(2)6-8-15/h11,13H,3-10H2,1-2H3. The van der Waals surface area contributed by atoms with Gasteiger partial charge in [-0.1, -0.05) is 6.92 Å². The van der Waals surface area contributed by atoms with Crippen LogP contribution in [0.5, 0.6) is 0 Å². The van der Waals surface area contributed by atoms with Gasteiger partial charge in [0.25, 0.3) is 0 Å². The molecule has 1 atom stereocenters. The molecule has 1 aliphatic heterocycles. The molecule has 0 bridgehead atoms. The molecule has 0 aliphatic carbocycles. The van der Waals surface area contributed by atoms with E-state index in [-0.39, 0.29) is 11.7 Å². The third kappa shape index (κ3) is 6.33. The zero-order valence-corrected chi connectivity index (χ0v) is 12.8. The Hall–Kier alpha value is 0.120. The van der Waals surface area contributed by atoms with Gasteiger partial charge in [0, 0.05) is 45.1 Å². The molecule has 1 unspecified atom stereocenters. The number of rotatable bonds is 7. The summed E-state index contributed by atoms with van der Waals surface area (Å²) < 4.78 is 26.0. The molecule has 0 aromatic carbocycles. The first-order chi connectivity index (χ1) is 8.43. The lowest BCUT2D eigenvalue weighted by molar-refractivity contribution is 0.156. The summed E-state index contributed by atoms with van der Waals surface area (Å²) in [6, 6.07) is 0. The van der Waals surface area contributed by atoms with Crippen LogP contribution in [0.4, 0.5) is 0 Å². The van der Waals surface area contributed by atoms with Crippen molar-refractivity contribution in [1.29, 1.82) is 0 Å². The molecule has 0 radical (unpaired) electrons. The second-order valence-corrected chi connectivity index (χ2v) is 7.24. The Bertz CT molecular complexity index is 329. The van der Waals surface area contributed by atoms with Gasteiger partial charge in [0.1, 0.15) is 0 Å². The van der Waals surface area contributed by atoms with E-state index in [0.29, 0.717) is 12.4 Å². The van der Waals surface area contributed by atoms with E-state index in [4.69, 9.17) is 11.6 Å². The number of piperazine rings is 1. The largest absolute Gasteiger partial charge is 0.304 e. The van der Waals surface area contributed by atoms with Crippen LogP contribution in [0.15, 0.2) is 0 Å². The maximum atomic E-state index is 11.7. The summed E-state index contributed by atoms with van der Waals surface area (Å²) >= 11 is 5.62. The lowest BCUT2D eigenvalue weighted by atomic mass is 10.3. The summed E-state index contributed by atoms with van der Waals surface area (Å²) in [6.07, 6.45) is 0. The minimum absolute atomic E-state index is 0.00666. The Morgan fingerprint density at radius 1 is 1.28 bits per heavy atom. The molecule has 0 saturated carbocycles. The van der Waals surface area contributed by atoms with E-state index in [1.807, 2.05) is 6.92 Å². The molecule has 18 heavy (non-hydrogen) atoms. The molecule has 7 heteroatoms. The van der Waals surface area contributed by atoms with Crippen LogP contribution in [0.25, 0.3) is 0 Å². The first-order valence-corrected chi connectivity index (χ1v) is 8.56. The second kappa shape index (κ2) is 7.65. The smallest absolute Gasteiger partial charge is 0.211 e. The summed E-state index contributed by atoms with van der Waals surface area (Å²) in [5.74, 6) is 0.478. The molecular formula is C11H24ClN3O2S. The van der Waals surface area contributed by atoms with Gasteiger partial charge in [-0.25, -0.2) is 13.1 Å². The highest BCUT2D eigenvalue weighted by atomic mass is 35.5. The zero-order valence-electron chi connectivity index (χ0n) is 11.2. The van der Waals surface area contributed by atoms with Gasteiger partial charge in [-0.15, -0.1) is 11.6 Å². The van der Waals surface area contributed by atoms with Crippen LogP contribution >= 0.6 is 11.6 Å². The number of likely N-dealkylation sites (N-methyl/N-ethyl adjacent to an activating group) is 1. The summed E-state index contributed by atoms with van der Waals surface area (Å²) in [4.78, 5) is 4.57. The van der Waals surface area contributed by atoms with Crippen molar-refractivity contribution in [3.63, 3.8) is 0 Å². The SMILES string of the molecule is CC(CCl)CS(=O)(=O)NCCN1CCN(C)CC1. The number of hydrogen-bond acceptors (Lipinski definition) is 4. The Kier molecular flexibility index (Phi) is 6.87. The van der Waals surface area contributed by atoms with Crippen LogP contribution in [0, 0.1) is 5.92 Å². The van der Waals surface area contributed by atoms with E-state index in [0.717, 1.165) is 32.7 Å². The Morgan fingerprint density at radius 2 is 1.89 bits per heavy atom. The van der Waals surface area contributed by atoms with Gasteiger partial charge in [-0.05, 0) is 13.0 Å². The summed E-state index contributed by atoms with van der Waals surface area (Å²) in [7, 11) is -1.07. The third-order valence-electron chi connectivity index (χ3n) is 3.11. The minimum Gasteiger partial charge on any atom is -0.304 e. The highest BCUT2D eigenvalue weighted by molar-refractivity contribution is 7.89. The number of nitrogens with zero attached hydrogens (tertiary/aromatic N) is 2. The number of nitrogens with one attached hydrogen (secondary N) is 1.